The van der Waals surface area contributed by atoms with Gasteiger partial charge in [-0.15, -0.1) is 0 Å². The summed E-state index contributed by atoms with van der Waals surface area (Å²) in [6.45, 7) is 16.3. The van der Waals surface area contributed by atoms with Gasteiger partial charge in [0.1, 0.15) is 0 Å². The van der Waals surface area contributed by atoms with Crippen LogP contribution in [0, 0.1) is 5.41 Å². The highest BCUT2D eigenvalue weighted by Crippen LogP contribution is 2.22. The first kappa shape index (κ1) is 15.0. The Morgan fingerprint density at radius 1 is 1.00 bits per heavy atom. The molecule has 0 spiro atoms. The highest BCUT2D eigenvalue weighted by molar-refractivity contribution is 4.63. The smallest absolute Gasteiger partial charge is 0.00384 e. The van der Waals surface area contributed by atoms with E-state index in [1.807, 2.05) is 0 Å². The standard InChI is InChI=1S/C14H31N/c1-7-15(13(2)3)12-10-8-9-11-14(4,5)6/h13H,7-12H2,1-6H3. The van der Waals surface area contributed by atoms with Gasteiger partial charge >= 0.3 is 0 Å². The first-order chi connectivity index (χ1) is 6.87. The monoisotopic (exact) mass is 213 g/mol. The molecule has 0 aliphatic rings. The van der Waals surface area contributed by atoms with E-state index >= 15 is 0 Å². The Hall–Kier alpha value is -0.0400. The lowest BCUT2D eigenvalue weighted by Gasteiger charge is -2.25. The summed E-state index contributed by atoms with van der Waals surface area (Å²) in [4.78, 5) is 2.55. The van der Waals surface area contributed by atoms with Gasteiger partial charge in [0.15, 0.2) is 0 Å². The molecule has 0 bridgehead atoms. The van der Waals surface area contributed by atoms with Crippen LogP contribution < -0.4 is 0 Å². The highest BCUT2D eigenvalue weighted by atomic mass is 15.1. The first-order valence-electron chi connectivity index (χ1n) is 6.61. The van der Waals surface area contributed by atoms with Gasteiger partial charge in [0, 0.05) is 6.04 Å². The molecule has 0 unspecified atom stereocenters. The second-order valence-corrected chi connectivity index (χ2v) is 6.09. The molecule has 0 aliphatic carbocycles. The molecule has 15 heavy (non-hydrogen) atoms. The Labute approximate surface area is 97.2 Å². The van der Waals surface area contributed by atoms with E-state index in [-0.39, 0.29) is 0 Å². The molecule has 0 heterocycles. The molecule has 0 saturated heterocycles. The Balaban J connectivity index is 3.45. The summed E-state index contributed by atoms with van der Waals surface area (Å²) in [5.74, 6) is 0. The van der Waals surface area contributed by atoms with Crippen molar-refractivity contribution in [3.63, 3.8) is 0 Å². The van der Waals surface area contributed by atoms with Crippen LogP contribution >= 0.6 is 0 Å². The lowest BCUT2D eigenvalue weighted by atomic mass is 9.89. The zero-order chi connectivity index (χ0) is 11.9. The second-order valence-electron chi connectivity index (χ2n) is 6.09. The summed E-state index contributed by atoms with van der Waals surface area (Å²) in [7, 11) is 0. The molecular weight excluding hydrogens is 182 g/mol. The number of unbranched alkanes of at least 4 members (excludes halogenated alkanes) is 2. The largest absolute Gasteiger partial charge is 0.301 e. The molecule has 1 nitrogen and oxygen atoms in total. The molecule has 0 aliphatic heterocycles. The van der Waals surface area contributed by atoms with E-state index in [9.17, 15) is 0 Å². The second kappa shape index (κ2) is 7.27. The molecule has 0 rings (SSSR count). The van der Waals surface area contributed by atoms with Crippen molar-refractivity contribution in [2.24, 2.45) is 5.41 Å². The fraction of sp³-hybridized carbons (Fsp3) is 1.00. The van der Waals surface area contributed by atoms with Gasteiger partial charge < -0.3 is 4.90 Å². The highest BCUT2D eigenvalue weighted by Gasteiger charge is 2.09. The van der Waals surface area contributed by atoms with E-state index in [4.69, 9.17) is 0 Å². The first-order valence-corrected chi connectivity index (χ1v) is 6.61. The lowest BCUT2D eigenvalue weighted by Crippen LogP contribution is -2.31. The zero-order valence-corrected chi connectivity index (χ0v) is 11.8. The van der Waals surface area contributed by atoms with Crippen molar-refractivity contribution < 1.29 is 0 Å². The summed E-state index contributed by atoms with van der Waals surface area (Å²) in [5.41, 5.74) is 0.516. The van der Waals surface area contributed by atoms with Crippen LogP contribution in [-0.4, -0.2) is 24.0 Å². The molecule has 0 aromatic heterocycles. The average Bonchev–Trinajstić information content (AvgIpc) is 2.08. The van der Waals surface area contributed by atoms with Crippen LogP contribution in [-0.2, 0) is 0 Å². The molecule has 0 radical (unpaired) electrons. The quantitative estimate of drug-likeness (QED) is 0.569. The number of nitrogens with zero attached hydrogens (tertiary/aromatic N) is 1. The molecule has 0 atom stereocenters. The molecule has 1 heteroatoms. The maximum atomic E-state index is 2.55. The lowest BCUT2D eigenvalue weighted by molar-refractivity contribution is 0.226. The van der Waals surface area contributed by atoms with Crippen molar-refractivity contribution in [2.75, 3.05) is 13.1 Å². The van der Waals surface area contributed by atoms with Crippen LogP contribution in [0.15, 0.2) is 0 Å². The van der Waals surface area contributed by atoms with Gasteiger partial charge in [-0.05, 0) is 45.2 Å². The SMILES string of the molecule is CCN(CCCCCC(C)(C)C)C(C)C. The number of rotatable bonds is 7. The minimum Gasteiger partial charge on any atom is -0.301 e. The van der Waals surface area contributed by atoms with Crippen LogP contribution in [0.4, 0.5) is 0 Å². The predicted octanol–water partition coefficient (Wildman–Crippen LogP) is 4.32. The average molecular weight is 213 g/mol. The van der Waals surface area contributed by atoms with Gasteiger partial charge in [0.05, 0.1) is 0 Å². The van der Waals surface area contributed by atoms with Crippen molar-refractivity contribution in [3.8, 4) is 0 Å². The Morgan fingerprint density at radius 3 is 2.00 bits per heavy atom. The molecule has 0 aromatic rings. The van der Waals surface area contributed by atoms with E-state index in [0.717, 1.165) is 0 Å². The minimum atomic E-state index is 0.516. The number of hydrogen-bond donors (Lipinski definition) is 0. The zero-order valence-electron chi connectivity index (χ0n) is 11.8. The maximum absolute atomic E-state index is 2.55. The summed E-state index contributed by atoms with van der Waals surface area (Å²) in [6, 6.07) is 0.706. The van der Waals surface area contributed by atoms with E-state index in [0.29, 0.717) is 11.5 Å². The van der Waals surface area contributed by atoms with Crippen LogP contribution in [0.2, 0.25) is 0 Å². The van der Waals surface area contributed by atoms with Crippen molar-refractivity contribution in [1.29, 1.82) is 0 Å². The van der Waals surface area contributed by atoms with Crippen molar-refractivity contribution >= 4 is 0 Å². The Bertz CT molecular complexity index is 144. The summed E-state index contributed by atoms with van der Waals surface area (Å²) < 4.78 is 0. The van der Waals surface area contributed by atoms with Gasteiger partial charge in [-0.25, -0.2) is 0 Å². The van der Waals surface area contributed by atoms with Crippen LogP contribution in [0.5, 0.6) is 0 Å². The summed E-state index contributed by atoms with van der Waals surface area (Å²) in [5, 5.41) is 0. The van der Waals surface area contributed by atoms with Crippen LogP contribution in [0.3, 0.4) is 0 Å². The van der Waals surface area contributed by atoms with E-state index in [1.165, 1.54) is 38.8 Å². The molecule has 0 fully saturated rings. The molecule has 0 N–H and O–H groups in total. The molecule has 0 amide bonds. The van der Waals surface area contributed by atoms with Gasteiger partial charge in [0.2, 0.25) is 0 Å². The van der Waals surface area contributed by atoms with E-state index < -0.39 is 0 Å². The fourth-order valence-electron chi connectivity index (χ4n) is 1.93. The third kappa shape index (κ3) is 8.92. The van der Waals surface area contributed by atoms with Crippen molar-refractivity contribution in [1.82, 2.24) is 4.90 Å². The van der Waals surface area contributed by atoms with E-state index in [1.54, 1.807) is 0 Å². The normalized spacial score (nSPS) is 12.8. The third-order valence-corrected chi connectivity index (χ3v) is 3.01. The summed E-state index contributed by atoms with van der Waals surface area (Å²) >= 11 is 0. The summed E-state index contributed by atoms with van der Waals surface area (Å²) in [6.07, 6.45) is 5.50. The molecule has 0 aromatic carbocycles. The van der Waals surface area contributed by atoms with Crippen LogP contribution in [0.25, 0.3) is 0 Å². The van der Waals surface area contributed by atoms with Crippen molar-refractivity contribution in [2.45, 2.75) is 73.3 Å². The van der Waals surface area contributed by atoms with E-state index in [2.05, 4.69) is 46.4 Å². The van der Waals surface area contributed by atoms with Crippen LogP contribution in [0.1, 0.15) is 67.2 Å². The molecule has 92 valence electrons. The minimum absolute atomic E-state index is 0.516. The third-order valence-electron chi connectivity index (χ3n) is 3.01. The maximum Gasteiger partial charge on any atom is 0.00384 e. The Kier molecular flexibility index (Phi) is 7.25. The predicted molar refractivity (Wildman–Crippen MR) is 70.3 cm³/mol. The Morgan fingerprint density at radius 2 is 1.60 bits per heavy atom. The molecule has 0 saturated carbocycles. The molecular formula is C14H31N. The fourth-order valence-corrected chi connectivity index (χ4v) is 1.93. The van der Waals surface area contributed by atoms with Gasteiger partial charge in [-0.2, -0.15) is 0 Å². The van der Waals surface area contributed by atoms with Gasteiger partial charge in [0.25, 0.3) is 0 Å². The van der Waals surface area contributed by atoms with Crippen molar-refractivity contribution in [3.05, 3.63) is 0 Å². The van der Waals surface area contributed by atoms with Gasteiger partial charge in [-0.1, -0.05) is 40.5 Å². The topological polar surface area (TPSA) is 3.24 Å². The number of hydrogen-bond acceptors (Lipinski definition) is 1. The van der Waals surface area contributed by atoms with Gasteiger partial charge in [-0.3, -0.25) is 0 Å².